The molecule has 0 aromatic rings. The Bertz CT molecular complexity index is 1640. The number of ether oxygens (including phenoxy) is 3. The van der Waals surface area contributed by atoms with Gasteiger partial charge in [0.2, 0.25) is 0 Å². The molecule has 0 rings (SSSR count). The Morgan fingerprint density at radius 2 is 0.563 bits per heavy atom. The Morgan fingerprint density at radius 3 is 0.915 bits per heavy atom. The molecule has 0 aromatic carbocycles. The van der Waals surface area contributed by atoms with E-state index < -0.39 is 6.10 Å². The highest BCUT2D eigenvalue weighted by atomic mass is 16.6. The Morgan fingerprint density at radius 1 is 0.296 bits per heavy atom. The zero-order valence-corrected chi connectivity index (χ0v) is 45.2. The van der Waals surface area contributed by atoms with E-state index in [-0.39, 0.29) is 44.0 Å². The zero-order valence-electron chi connectivity index (χ0n) is 45.2. The third-order valence-electron chi connectivity index (χ3n) is 11.0. The van der Waals surface area contributed by atoms with E-state index in [1.165, 1.54) is 38.5 Å². The van der Waals surface area contributed by atoms with Crippen LogP contribution in [0.25, 0.3) is 0 Å². The molecule has 71 heavy (non-hydrogen) atoms. The SMILES string of the molecule is CC/C=C\C/C=C\C/C=C\C/C=C\C/C=C\C/C=C\C/C=C\C/C=C\C/C=C\CCCC(=O)OCC(COC(=O)CCCCCCCCCCC)OC(=O)CCCC/C=C\C/C=C\C/C=C\C/C=C\CC. The van der Waals surface area contributed by atoms with Gasteiger partial charge in [0.05, 0.1) is 0 Å². The molecule has 6 heteroatoms. The average Bonchev–Trinajstić information content (AvgIpc) is 3.37. The first-order valence-electron chi connectivity index (χ1n) is 28.0. The second-order valence-corrected chi connectivity index (χ2v) is 17.7. The van der Waals surface area contributed by atoms with Crippen molar-refractivity contribution in [2.24, 2.45) is 0 Å². The summed E-state index contributed by atoms with van der Waals surface area (Å²) in [6.45, 7) is 6.28. The van der Waals surface area contributed by atoms with Crippen LogP contribution in [0, 0.1) is 0 Å². The molecular formula is C65H100O6. The van der Waals surface area contributed by atoms with Crippen molar-refractivity contribution < 1.29 is 28.6 Å². The maximum atomic E-state index is 12.8. The number of carbonyl (C=O) groups excluding carboxylic acids is 3. The van der Waals surface area contributed by atoms with Crippen LogP contribution in [0.15, 0.2) is 158 Å². The molecule has 0 aliphatic rings. The standard InChI is InChI=1S/C65H100O6/c1-4-7-10-13-16-19-21-23-25-26-27-28-29-30-31-32-33-34-35-36-37-38-40-41-43-46-49-52-55-58-64(67)70-61-62(60-69-63(66)57-54-51-48-45-18-15-12-9-6-3)71-65(68)59-56-53-50-47-44-42-39-24-22-20-17-14-11-8-5-2/h7-8,10-11,16-17,19-20,23-25,27-28,30-31,33-34,36-37,39-41,44,46-47,49,62H,4-6,9,12-15,18,21-22,26,29,32,35,38,42-43,45,48,50-61H2,1-3H3/b10-7-,11-8-,19-16-,20-17-,25-23-,28-27-,31-30-,34-33-,37-36-,39-24-,41-40-,47-44-,49-46-. The fourth-order valence-electron chi connectivity index (χ4n) is 6.90. The summed E-state index contributed by atoms with van der Waals surface area (Å²) in [7, 11) is 0. The minimum absolute atomic E-state index is 0.118. The largest absolute Gasteiger partial charge is 0.462 e. The van der Waals surface area contributed by atoms with Crippen LogP contribution in [0.2, 0.25) is 0 Å². The summed E-state index contributed by atoms with van der Waals surface area (Å²) in [6.07, 6.45) is 84.0. The summed E-state index contributed by atoms with van der Waals surface area (Å²) >= 11 is 0. The number of rotatable bonds is 48. The van der Waals surface area contributed by atoms with E-state index in [0.29, 0.717) is 19.3 Å². The van der Waals surface area contributed by atoms with Crippen LogP contribution in [0.4, 0.5) is 0 Å². The lowest BCUT2D eigenvalue weighted by atomic mass is 10.1. The molecule has 0 aromatic heterocycles. The third kappa shape index (κ3) is 55.8. The number of unbranched alkanes of at least 4 members (excludes halogenated alkanes) is 11. The fraction of sp³-hybridized carbons (Fsp3) is 0.554. The van der Waals surface area contributed by atoms with Crippen molar-refractivity contribution in [1.29, 1.82) is 0 Å². The van der Waals surface area contributed by atoms with Crippen LogP contribution in [0.1, 0.15) is 213 Å². The van der Waals surface area contributed by atoms with Gasteiger partial charge in [0.25, 0.3) is 0 Å². The van der Waals surface area contributed by atoms with Gasteiger partial charge in [-0.15, -0.1) is 0 Å². The van der Waals surface area contributed by atoms with Gasteiger partial charge in [-0.2, -0.15) is 0 Å². The predicted octanol–water partition coefficient (Wildman–Crippen LogP) is 19.0. The number of esters is 3. The van der Waals surface area contributed by atoms with Crippen molar-refractivity contribution in [1.82, 2.24) is 0 Å². The lowest BCUT2D eigenvalue weighted by molar-refractivity contribution is -0.167. The van der Waals surface area contributed by atoms with Crippen molar-refractivity contribution in [2.75, 3.05) is 13.2 Å². The van der Waals surface area contributed by atoms with Crippen molar-refractivity contribution in [3.05, 3.63) is 158 Å². The Kier molecular flexibility index (Phi) is 53.6. The lowest BCUT2D eigenvalue weighted by Gasteiger charge is -2.18. The maximum absolute atomic E-state index is 12.8. The highest BCUT2D eigenvalue weighted by molar-refractivity contribution is 5.71. The topological polar surface area (TPSA) is 78.9 Å². The molecule has 0 N–H and O–H groups in total. The number of carbonyl (C=O) groups is 3. The van der Waals surface area contributed by atoms with Crippen LogP contribution in [0.5, 0.6) is 0 Å². The predicted molar refractivity (Wildman–Crippen MR) is 306 cm³/mol. The molecule has 1 atom stereocenters. The van der Waals surface area contributed by atoms with Crippen LogP contribution in [-0.2, 0) is 28.6 Å². The first kappa shape index (κ1) is 66.0. The zero-order chi connectivity index (χ0) is 51.4. The fourth-order valence-corrected chi connectivity index (χ4v) is 6.90. The molecule has 0 bridgehead atoms. The van der Waals surface area contributed by atoms with E-state index in [0.717, 1.165) is 122 Å². The molecule has 0 radical (unpaired) electrons. The normalized spacial score (nSPS) is 13.3. The first-order valence-corrected chi connectivity index (χ1v) is 28.0. The first-order chi connectivity index (χ1) is 35.0. The molecule has 1 unspecified atom stereocenters. The van der Waals surface area contributed by atoms with Crippen molar-refractivity contribution in [3.63, 3.8) is 0 Å². The molecule has 0 spiro atoms. The molecule has 0 aliphatic carbocycles. The molecule has 0 saturated heterocycles. The molecule has 0 saturated carbocycles. The van der Waals surface area contributed by atoms with Crippen LogP contribution in [-0.4, -0.2) is 37.2 Å². The van der Waals surface area contributed by atoms with Crippen molar-refractivity contribution >= 4 is 17.9 Å². The van der Waals surface area contributed by atoms with E-state index >= 15 is 0 Å². The highest BCUT2D eigenvalue weighted by Crippen LogP contribution is 2.12. The number of hydrogen-bond acceptors (Lipinski definition) is 6. The third-order valence-corrected chi connectivity index (χ3v) is 11.0. The molecule has 396 valence electrons. The van der Waals surface area contributed by atoms with Crippen LogP contribution >= 0.6 is 0 Å². The highest BCUT2D eigenvalue weighted by Gasteiger charge is 2.19. The van der Waals surface area contributed by atoms with Gasteiger partial charge in [-0.05, 0) is 122 Å². The van der Waals surface area contributed by atoms with E-state index in [1.807, 2.05) is 0 Å². The maximum Gasteiger partial charge on any atom is 0.306 e. The van der Waals surface area contributed by atoms with E-state index in [4.69, 9.17) is 14.2 Å². The second-order valence-electron chi connectivity index (χ2n) is 17.7. The Labute approximate surface area is 435 Å². The molecule has 0 heterocycles. The summed E-state index contributed by atoms with van der Waals surface area (Å²) < 4.78 is 16.7. The van der Waals surface area contributed by atoms with Gasteiger partial charge in [0.15, 0.2) is 6.10 Å². The molecule has 0 amide bonds. The van der Waals surface area contributed by atoms with Gasteiger partial charge >= 0.3 is 17.9 Å². The molecule has 0 fully saturated rings. The van der Waals surface area contributed by atoms with Crippen molar-refractivity contribution in [3.8, 4) is 0 Å². The second kappa shape index (κ2) is 57.6. The summed E-state index contributed by atoms with van der Waals surface area (Å²) in [5.74, 6) is -1.04. The van der Waals surface area contributed by atoms with E-state index in [2.05, 4.69) is 179 Å². The summed E-state index contributed by atoms with van der Waals surface area (Å²) in [6, 6.07) is 0. The Balaban J connectivity index is 4.43. The van der Waals surface area contributed by atoms with E-state index in [1.54, 1.807) is 0 Å². The Hall–Kier alpha value is -4.97. The van der Waals surface area contributed by atoms with E-state index in [9.17, 15) is 14.4 Å². The van der Waals surface area contributed by atoms with Crippen molar-refractivity contribution in [2.45, 2.75) is 219 Å². The van der Waals surface area contributed by atoms with Crippen LogP contribution in [0.3, 0.4) is 0 Å². The van der Waals surface area contributed by atoms with Gasteiger partial charge in [-0.1, -0.05) is 230 Å². The smallest absolute Gasteiger partial charge is 0.306 e. The molecule has 0 aliphatic heterocycles. The number of allylic oxidation sites excluding steroid dienone is 26. The van der Waals surface area contributed by atoms with Gasteiger partial charge in [-0.3, -0.25) is 14.4 Å². The summed E-state index contributed by atoms with van der Waals surface area (Å²) in [4.78, 5) is 37.9. The minimum Gasteiger partial charge on any atom is -0.462 e. The quantitative estimate of drug-likeness (QED) is 0.0262. The van der Waals surface area contributed by atoms with Gasteiger partial charge < -0.3 is 14.2 Å². The monoisotopic (exact) mass is 977 g/mol. The average molecular weight is 978 g/mol. The summed E-state index contributed by atoms with van der Waals surface area (Å²) in [5, 5.41) is 0. The minimum atomic E-state index is -0.828. The molecule has 6 nitrogen and oxygen atoms in total. The van der Waals surface area contributed by atoms with Gasteiger partial charge in [-0.25, -0.2) is 0 Å². The van der Waals surface area contributed by atoms with Crippen LogP contribution < -0.4 is 0 Å². The number of hydrogen-bond donors (Lipinski definition) is 0. The lowest BCUT2D eigenvalue weighted by Crippen LogP contribution is -2.30. The van der Waals surface area contributed by atoms with Gasteiger partial charge in [0.1, 0.15) is 13.2 Å². The van der Waals surface area contributed by atoms with Gasteiger partial charge in [0, 0.05) is 19.3 Å². The summed E-state index contributed by atoms with van der Waals surface area (Å²) in [5.41, 5.74) is 0. The molecular weight excluding hydrogens is 877 g/mol.